The number of nitrogens with two attached hydrogens (primary N) is 2. The van der Waals surface area contributed by atoms with Crippen molar-refractivity contribution in [3.63, 3.8) is 0 Å². The number of rotatable bonds is 4. The van der Waals surface area contributed by atoms with Crippen molar-refractivity contribution in [1.82, 2.24) is 9.97 Å². The van der Waals surface area contributed by atoms with Gasteiger partial charge in [-0.2, -0.15) is 0 Å². The van der Waals surface area contributed by atoms with Crippen LogP contribution in [0.4, 0.5) is 17.1 Å². The molecule has 0 saturated heterocycles. The van der Waals surface area contributed by atoms with Crippen molar-refractivity contribution in [3.8, 4) is 11.5 Å². The van der Waals surface area contributed by atoms with E-state index >= 15 is 0 Å². The highest BCUT2D eigenvalue weighted by atomic mass is 16.5. The predicted octanol–water partition coefficient (Wildman–Crippen LogP) is 2.69. The minimum atomic E-state index is -0.290. The van der Waals surface area contributed by atoms with E-state index in [0.29, 0.717) is 34.1 Å². The molecule has 7 nitrogen and oxygen atoms in total. The molecule has 0 atom stereocenters. The van der Waals surface area contributed by atoms with Gasteiger partial charge in [0.05, 0.1) is 12.4 Å². The Bertz CT molecular complexity index is 868. The van der Waals surface area contributed by atoms with Gasteiger partial charge in [-0.25, -0.2) is 9.97 Å². The molecule has 2 aromatic carbocycles. The van der Waals surface area contributed by atoms with Crippen molar-refractivity contribution >= 4 is 23.0 Å². The number of carbonyl (C=O) groups excluding carboxylic acids is 1. The summed E-state index contributed by atoms with van der Waals surface area (Å²) in [6, 6.07) is 11.6. The number of amides is 1. The van der Waals surface area contributed by atoms with Crippen LogP contribution in [0.1, 0.15) is 10.4 Å². The Labute approximate surface area is 138 Å². The lowest BCUT2D eigenvalue weighted by Crippen LogP contribution is -2.12. The van der Waals surface area contributed by atoms with Gasteiger partial charge >= 0.3 is 0 Å². The van der Waals surface area contributed by atoms with Crippen LogP contribution >= 0.6 is 0 Å². The summed E-state index contributed by atoms with van der Waals surface area (Å²) in [5.41, 5.74) is 13.5. The molecule has 0 saturated carbocycles. The van der Waals surface area contributed by atoms with E-state index in [1.54, 1.807) is 42.5 Å². The zero-order valence-corrected chi connectivity index (χ0v) is 12.6. The van der Waals surface area contributed by atoms with E-state index in [1.165, 1.54) is 18.7 Å². The third kappa shape index (κ3) is 3.77. The molecule has 1 heterocycles. The topological polar surface area (TPSA) is 116 Å². The zero-order chi connectivity index (χ0) is 16.9. The molecule has 1 amide bonds. The molecular weight excluding hydrogens is 306 g/mol. The Hall–Kier alpha value is -3.61. The molecule has 0 aliphatic heterocycles. The van der Waals surface area contributed by atoms with Crippen LogP contribution in [-0.2, 0) is 0 Å². The van der Waals surface area contributed by atoms with Crippen LogP contribution in [0.15, 0.2) is 61.2 Å². The highest BCUT2D eigenvalue weighted by molar-refractivity contribution is 6.05. The Morgan fingerprint density at radius 1 is 0.958 bits per heavy atom. The minimum absolute atomic E-state index is 0.290. The highest BCUT2D eigenvalue weighted by Crippen LogP contribution is 2.27. The van der Waals surface area contributed by atoms with Crippen molar-refractivity contribution in [2.45, 2.75) is 0 Å². The third-order valence-corrected chi connectivity index (χ3v) is 3.11. The van der Waals surface area contributed by atoms with Crippen LogP contribution in [-0.4, -0.2) is 15.9 Å². The van der Waals surface area contributed by atoms with Gasteiger partial charge in [0, 0.05) is 34.8 Å². The maximum atomic E-state index is 12.3. The van der Waals surface area contributed by atoms with Crippen LogP contribution in [0.2, 0.25) is 0 Å². The molecule has 0 radical (unpaired) electrons. The highest BCUT2D eigenvalue weighted by Gasteiger charge is 2.08. The molecule has 24 heavy (non-hydrogen) atoms. The second kappa shape index (κ2) is 6.66. The van der Waals surface area contributed by atoms with E-state index in [2.05, 4.69) is 15.3 Å². The Balaban J connectivity index is 1.80. The van der Waals surface area contributed by atoms with Crippen LogP contribution in [0.25, 0.3) is 0 Å². The molecule has 5 N–H and O–H groups in total. The van der Waals surface area contributed by atoms with Gasteiger partial charge in [0.15, 0.2) is 5.75 Å². The summed E-state index contributed by atoms with van der Waals surface area (Å²) >= 11 is 0. The zero-order valence-electron chi connectivity index (χ0n) is 12.6. The number of aromatic nitrogens is 2. The number of hydrogen-bond donors (Lipinski definition) is 3. The molecule has 120 valence electrons. The van der Waals surface area contributed by atoms with Gasteiger partial charge in [0.1, 0.15) is 12.1 Å². The fourth-order valence-corrected chi connectivity index (χ4v) is 2.11. The predicted molar refractivity (Wildman–Crippen MR) is 91.8 cm³/mol. The summed E-state index contributed by atoms with van der Waals surface area (Å²) in [4.78, 5) is 20.0. The smallest absolute Gasteiger partial charge is 0.255 e. The lowest BCUT2D eigenvalue weighted by Gasteiger charge is -2.10. The molecule has 0 unspecified atom stereocenters. The number of benzene rings is 2. The van der Waals surface area contributed by atoms with Gasteiger partial charge in [-0.1, -0.05) is 6.07 Å². The van der Waals surface area contributed by atoms with E-state index in [-0.39, 0.29) is 5.91 Å². The van der Waals surface area contributed by atoms with E-state index < -0.39 is 0 Å². The van der Waals surface area contributed by atoms with Gasteiger partial charge in [0.2, 0.25) is 0 Å². The van der Waals surface area contributed by atoms with E-state index in [9.17, 15) is 4.79 Å². The standard InChI is InChI=1S/C17H15N5O2/c18-12-3-1-2-11(4-12)17(23)22-14-5-13(19)6-15(7-14)24-16-8-20-10-21-9-16/h1-10H,18-19H2,(H,22,23). The Morgan fingerprint density at radius 3 is 2.50 bits per heavy atom. The summed E-state index contributed by atoms with van der Waals surface area (Å²) in [7, 11) is 0. The van der Waals surface area contributed by atoms with E-state index in [4.69, 9.17) is 16.2 Å². The second-order valence-electron chi connectivity index (χ2n) is 5.05. The summed E-state index contributed by atoms with van der Waals surface area (Å²) in [5.74, 6) is 0.644. The average Bonchev–Trinajstić information content (AvgIpc) is 2.55. The van der Waals surface area contributed by atoms with Gasteiger partial charge in [0.25, 0.3) is 5.91 Å². The SMILES string of the molecule is Nc1cc(NC(=O)c2cccc(N)c2)cc(Oc2cncnc2)c1. The molecule has 0 spiro atoms. The minimum Gasteiger partial charge on any atom is -0.454 e. The molecule has 0 aliphatic carbocycles. The van der Waals surface area contributed by atoms with Gasteiger partial charge in [-0.15, -0.1) is 0 Å². The largest absolute Gasteiger partial charge is 0.454 e. The summed E-state index contributed by atoms with van der Waals surface area (Å²) in [6.07, 6.45) is 4.46. The summed E-state index contributed by atoms with van der Waals surface area (Å²) in [5, 5.41) is 2.77. The van der Waals surface area contributed by atoms with Crippen molar-refractivity contribution in [1.29, 1.82) is 0 Å². The number of anilines is 3. The molecule has 0 aliphatic rings. The number of hydrogen-bond acceptors (Lipinski definition) is 6. The van der Waals surface area contributed by atoms with Crippen molar-refractivity contribution in [2.75, 3.05) is 16.8 Å². The fraction of sp³-hybridized carbons (Fsp3) is 0. The molecule has 3 rings (SSSR count). The van der Waals surface area contributed by atoms with Crippen molar-refractivity contribution < 1.29 is 9.53 Å². The van der Waals surface area contributed by atoms with E-state index in [0.717, 1.165) is 0 Å². The lowest BCUT2D eigenvalue weighted by molar-refractivity contribution is 0.102. The molecule has 0 fully saturated rings. The third-order valence-electron chi connectivity index (χ3n) is 3.11. The Kier molecular flexibility index (Phi) is 4.24. The molecule has 7 heteroatoms. The number of carbonyl (C=O) groups is 1. The molecule has 1 aromatic heterocycles. The monoisotopic (exact) mass is 321 g/mol. The first-order chi connectivity index (χ1) is 11.6. The number of nitrogen functional groups attached to an aromatic ring is 2. The summed E-state index contributed by atoms with van der Waals surface area (Å²) in [6.45, 7) is 0. The van der Waals surface area contributed by atoms with Crippen LogP contribution in [0, 0.1) is 0 Å². The van der Waals surface area contributed by atoms with Crippen LogP contribution in [0.3, 0.4) is 0 Å². The maximum absolute atomic E-state index is 12.3. The first kappa shape index (κ1) is 15.3. The van der Waals surface area contributed by atoms with Crippen LogP contribution < -0.4 is 21.5 Å². The van der Waals surface area contributed by atoms with Gasteiger partial charge < -0.3 is 21.5 Å². The molecular formula is C17H15N5O2. The maximum Gasteiger partial charge on any atom is 0.255 e. The van der Waals surface area contributed by atoms with Gasteiger partial charge in [-0.05, 0) is 24.3 Å². The first-order valence-electron chi connectivity index (χ1n) is 7.10. The lowest BCUT2D eigenvalue weighted by atomic mass is 10.2. The fourth-order valence-electron chi connectivity index (χ4n) is 2.11. The number of ether oxygens (including phenoxy) is 1. The quantitative estimate of drug-likeness (QED) is 0.636. The molecule has 3 aromatic rings. The summed E-state index contributed by atoms with van der Waals surface area (Å²) < 4.78 is 5.63. The normalized spacial score (nSPS) is 10.2. The second-order valence-corrected chi connectivity index (χ2v) is 5.05. The number of nitrogens with one attached hydrogen (secondary N) is 1. The van der Waals surface area contributed by atoms with Gasteiger partial charge in [-0.3, -0.25) is 4.79 Å². The Morgan fingerprint density at radius 2 is 1.75 bits per heavy atom. The average molecular weight is 321 g/mol. The number of nitrogens with zero attached hydrogens (tertiary/aromatic N) is 2. The van der Waals surface area contributed by atoms with Crippen molar-refractivity contribution in [2.24, 2.45) is 0 Å². The molecule has 0 bridgehead atoms. The van der Waals surface area contributed by atoms with Crippen molar-refractivity contribution in [3.05, 3.63) is 66.7 Å². The first-order valence-corrected chi connectivity index (χ1v) is 7.10. The van der Waals surface area contributed by atoms with Crippen LogP contribution in [0.5, 0.6) is 11.5 Å². The van der Waals surface area contributed by atoms with E-state index in [1.807, 2.05) is 0 Å².